The van der Waals surface area contributed by atoms with Gasteiger partial charge in [0, 0.05) is 26.2 Å². The quantitative estimate of drug-likeness (QED) is 0.548. The normalized spacial score (nSPS) is 30.2. The number of hydrogen-bond donors (Lipinski definition) is 0. The van der Waals surface area contributed by atoms with Crippen LogP contribution in [-0.2, 0) is 20.7 Å². The van der Waals surface area contributed by atoms with E-state index in [-0.39, 0.29) is 24.0 Å². The molecule has 34 heavy (non-hydrogen) atoms. The maximum atomic E-state index is 13.9. The number of carbonyl (C=O) groups excluding carboxylic acids is 2. The Kier molecular flexibility index (Phi) is 7.55. The van der Waals surface area contributed by atoms with Gasteiger partial charge in [-0.2, -0.15) is 0 Å². The van der Waals surface area contributed by atoms with Crippen molar-refractivity contribution in [1.82, 2.24) is 14.7 Å². The molecule has 1 aromatic rings. The number of benzene rings is 1. The lowest BCUT2D eigenvalue weighted by Crippen LogP contribution is -2.71. The van der Waals surface area contributed by atoms with E-state index in [2.05, 4.69) is 35.2 Å². The Bertz CT molecular complexity index is 841. The molecule has 4 aliphatic rings. The number of nitrogens with zero attached hydrogens (tertiary/aromatic N) is 3. The van der Waals surface area contributed by atoms with Crippen LogP contribution >= 0.6 is 0 Å². The zero-order valence-corrected chi connectivity index (χ0v) is 20.6. The number of unbranched alkanes of at least 4 members (excludes halogenated alkanes) is 2. The van der Waals surface area contributed by atoms with E-state index in [1.165, 1.54) is 24.8 Å². The minimum atomic E-state index is -0.661. The van der Waals surface area contributed by atoms with Gasteiger partial charge >= 0.3 is 0 Å². The van der Waals surface area contributed by atoms with Crippen LogP contribution in [0, 0.1) is 0 Å². The number of amides is 2. The minimum Gasteiger partial charge on any atom is -0.376 e. The van der Waals surface area contributed by atoms with Crippen molar-refractivity contribution >= 4 is 11.8 Å². The predicted octanol–water partition coefficient (Wildman–Crippen LogP) is 3.64. The van der Waals surface area contributed by atoms with Crippen LogP contribution in [0.15, 0.2) is 30.3 Å². The van der Waals surface area contributed by atoms with Crippen LogP contribution < -0.4 is 0 Å². The molecule has 186 valence electrons. The Morgan fingerprint density at radius 2 is 1.79 bits per heavy atom. The van der Waals surface area contributed by atoms with E-state index >= 15 is 0 Å². The SMILES string of the molecule is O=C1C2CCCN2C(=O)C2(CCCN(CCCCCc3ccccc3)CC2)N1CC1CCCO1. The molecule has 0 bridgehead atoms. The molecular formula is C28H41N3O3. The summed E-state index contributed by atoms with van der Waals surface area (Å²) in [5.74, 6) is 0.402. The van der Waals surface area contributed by atoms with Gasteiger partial charge in [-0.1, -0.05) is 36.8 Å². The smallest absolute Gasteiger partial charge is 0.249 e. The van der Waals surface area contributed by atoms with Gasteiger partial charge < -0.3 is 19.4 Å². The van der Waals surface area contributed by atoms with E-state index in [0.29, 0.717) is 6.54 Å². The second-order valence-corrected chi connectivity index (χ2v) is 10.8. The number of likely N-dealkylation sites (tertiary alicyclic amines) is 1. The predicted molar refractivity (Wildman–Crippen MR) is 132 cm³/mol. The summed E-state index contributed by atoms with van der Waals surface area (Å²) < 4.78 is 5.92. The minimum absolute atomic E-state index is 0.0885. The standard InChI is InChI=1S/C28H41N3O3/c32-26-25-14-7-19-30(25)27(33)28(31(26)22-24-13-8-21-34-24)15-9-18-29(20-16-28)17-6-2-5-12-23-10-3-1-4-11-23/h1,3-4,10-11,24-25H,2,5-9,12-22H2. The highest BCUT2D eigenvalue weighted by Gasteiger charge is 2.57. The van der Waals surface area contributed by atoms with Gasteiger partial charge in [0.05, 0.1) is 6.10 Å². The molecule has 1 aromatic carbocycles. The summed E-state index contributed by atoms with van der Waals surface area (Å²) in [7, 11) is 0. The molecule has 0 radical (unpaired) electrons. The van der Waals surface area contributed by atoms with Crippen molar-refractivity contribution < 1.29 is 14.3 Å². The van der Waals surface area contributed by atoms with Crippen LogP contribution in [0.4, 0.5) is 0 Å². The summed E-state index contributed by atoms with van der Waals surface area (Å²) in [4.78, 5) is 34.0. The summed E-state index contributed by atoms with van der Waals surface area (Å²) in [6.07, 6.45) is 11.2. The van der Waals surface area contributed by atoms with E-state index in [4.69, 9.17) is 4.74 Å². The van der Waals surface area contributed by atoms with Gasteiger partial charge in [0.2, 0.25) is 11.8 Å². The number of hydrogen-bond acceptors (Lipinski definition) is 4. The monoisotopic (exact) mass is 467 g/mol. The zero-order chi connectivity index (χ0) is 23.4. The molecule has 0 saturated carbocycles. The Balaban J connectivity index is 1.20. The molecule has 0 N–H and O–H groups in total. The summed E-state index contributed by atoms with van der Waals surface area (Å²) in [5, 5.41) is 0. The Morgan fingerprint density at radius 3 is 2.62 bits per heavy atom. The van der Waals surface area contributed by atoms with Crippen molar-refractivity contribution in [2.24, 2.45) is 0 Å². The third-order valence-corrected chi connectivity index (χ3v) is 8.58. The summed E-state index contributed by atoms with van der Waals surface area (Å²) in [6, 6.07) is 10.5. The fourth-order valence-corrected chi connectivity index (χ4v) is 6.67. The van der Waals surface area contributed by atoms with Crippen molar-refractivity contribution in [3.63, 3.8) is 0 Å². The van der Waals surface area contributed by atoms with Crippen LogP contribution in [0.1, 0.15) is 69.8 Å². The largest absolute Gasteiger partial charge is 0.376 e. The van der Waals surface area contributed by atoms with Crippen molar-refractivity contribution in [2.75, 3.05) is 39.3 Å². The van der Waals surface area contributed by atoms with Crippen molar-refractivity contribution in [1.29, 1.82) is 0 Å². The molecule has 3 atom stereocenters. The molecule has 0 aromatic heterocycles. The topological polar surface area (TPSA) is 53.1 Å². The van der Waals surface area contributed by atoms with E-state index in [1.54, 1.807) is 0 Å². The fourth-order valence-electron chi connectivity index (χ4n) is 6.67. The molecular weight excluding hydrogens is 426 g/mol. The second-order valence-electron chi connectivity index (χ2n) is 10.8. The second kappa shape index (κ2) is 10.8. The zero-order valence-electron chi connectivity index (χ0n) is 20.6. The lowest BCUT2D eigenvalue weighted by molar-refractivity contribution is -0.171. The van der Waals surface area contributed by atoms with Crippen LogP contribution in [0.2, 0.25) is 0 Å². The third kappa shape index (κ3) is 4.90. The molecule has 2 amide bonds. The number of fused-ring (bicyclic) bond motifs is 1. The Morgan fingerprint density at radius 1 is 0.912 bits per heavy atom. The first-order valence-corrected chi connectivity index (χ1v) is 13.7. The van der Waals surface area contributed by atoms with Gasteiger partial charge in [0.25, 0.3) is 0 Å². The molecule has 4 aliphatic heterocycles. The van der Waals surface area contributed by atoms with Crippen LogP contribution in [0.3, 0.4) is 0 Å². The van der Waals surface area contributed by atoms with Gasteiger partial charge in [-0.15, -0.1) is 0 Å². The van der Waals surface area contributed by atoms with E-state index in [1.807, 2.05) is 9.80 Å². The molecule has 5 rings (SSSR count). The van der Waals surface area contributed by atoms with Gasteiger partial charge in [0.15, 0.2) is 0 Å². The average molecular weight is 468 g/mol. The maximum absolute atomic E-state index is 13.9. The Hall–Kier alpha value is -1.92. The number of piperazine rings is 1. The average Bonchev–Trinajstić information content (AvgIpc) is 3.52. The van der Waals surface area contributed by atoms with Gasteiger partial charge in [-0.05, 0) is 82.9 Å². The first-order valence-electron chi connectivity index (χ1n) is 13.7. The van der Waals surface area contributed by atoms with Crippen LogP contribution in [0.5, 0.6) is 0 Å². The van der Waals surface area contributed by atoms with Crippen molar-refractivity contribution in [2.45, 2.75) is 88.3 Å². The lowest BCUT2D eigenvalue weighted by atomic mass is 9.83. The lowest BCUT2D eigenvalue weighted by Gasteiger charge is -2.51. The number of carbonyl (C=O) groups is 2. The maximum Gasteiger partial charge on any atom is 0.249 e. The molecule has 6 heteroatoms. The molecule has 4 fully saturated rings. The first kappa shape index (κ1) is 23.8. The molecule has 0 aliphatic carbocycles. The summed E-state index contributed by atoms with van der Waals surface area (Å²) in [6.45, 7) is 5.13. The molecule has 3 unspecified atom stereocenters. The van der Waals surface area contributed by atoms with Crippen LogP contribution in [0.25, 0.3) is 0 Å². The summed E-state index contributed by atoms with van der Waals surface area (Å²) >= 11 is 0. The van der Waals surface area contributed by atoms with Crippen molar-refractivity contribution in [3.8, 4) is 0 Å². The highest BCUT2D eigenvalue weighted by atomic mass is 16.5. The highest BCUT2D eigenvalue weighted by Crippen LogP contribution is 2.40. The van der Waals surface area contributed by atoms with Gasteiger partial charge in [-0.3, -0.25) is 9.59 Å². The van der Waals surface area contributed by atoms with E-state index in [9.17, 15) is 9.59 Å². The third-order valence-electron chi connectivity index (χ3n) is 8.58. The van der Waals surface area contributed by atoms with E-state index in [0.717, 1.165) is 84.2 Å². The van der Waals surface area contributed by atoms with Crippen LogP contribution in [-0.4, -0.2) is 83.5 Å². The number of ether oxygens (including phenoxy) is 1. The number of aryl methyl sites for hydroxylation is 1. The first-order chi connectivity index (χ1) is 16.7. The van der Waals surface area contributed by atoms with Gasteiger partial charge in [-0.25, -0.2) is 0 Å². The van der Waals surface area contributed by atoms with E-state index < -0.39 is 5.54 Å². The number of rotatable bonds is 8. The highest BCUT2D eigenvalue weighted by molar-refractivity contribution is 6.00. The molecule has 6 nitrogen and oxygen atoms in total. The fraction of sp³-hybridized carbons (Fsp3) is 0.714. The van der Waals surface area contributed by atoms with Crippen molar-refractivity contribution in [3.05, 3.63) is 35.9 Å². The molecule has 4 heterocycles. The summed E-state index contributed by atoms with van der Waals surface area (Å²) in [5.41, 5.74) is 0.762. The molecule has 1 spiro atoms. The van der Waals surface area contributed by atoms with Gasteiger partial charge in [0.1, 0.15) is 11.6 Å². The Labute approximate surface area is 204 Å². The molecule has 4 saturated heterocycles.